The molecule has 0 radical (unpaired) electrons. The molecule has 0 atom stereocenters. The van der Waals surface area contributed by atoms with Crippen molar-refractivity contribution in [2.75, 3.05) is 19.5 Å². The molecule has 2 aromatic rings. The Hall–Kier alpha value is -1.85. The van der Waals surface area contributed by atoms with Gasteiger partial charge in [0.15, 0.2) is 5.96 Å². The summed E-state index contributed by atoms with van der Waals surface area (Å²) in [6.07, 6.45) is 0. The summed E-state index contributed by atoms with van der Waals surface area (Å²) in [6.45, 7) is 0.266. The fourth-order valence-corrected chi connectivity index (χ4v) is 2.77. The number of guanidine groups is 1. The van der Waals surface area contributed by atoms with Crippen LogP contribution in [0.4, 0.5) is 5.69 Å². The van der Waals surface area contributed by atoms with Crippen molar-refractivity contribution in [2.45, 2.75) is 11.4 Å². The zero-order valence-electron chi connectivity index (χ0n) is 13.9. The molecule has 9 heteroatoms. The standard InChI is InChI=1S/C16H20N4O3S.HI/c1-18-24(21,22)15-5-3-4-12(10-15)11-19-16(17)20-13-6-8-14(23-2)9-7-13;/h3-10,18H,11H2,1-2H3,(H3,17,19,20);1H. The van der Waals surface area contributed by atoms with Gasteiger partial charge in [-0.05, 0) is 49.0 Å². The second kappa shape index (κ2) is 9.59. The molecule has 7 nitrogen and oxygen atoms in total. The molecule has 0 aliphatic heterocycles. The molecule has 0 aliphatic rings. The summed E-state index contributed by atoms with van der Waals surface area (Å²) in [6, 6.07) is 13.8. The highest BCUT2D eigenvalue weighted by Crippen LogP contribution is 2.15. The number of nitrogens with one attached hydrogen (secondary N) is 2. The number of hydrogen-bond donors (Lipinski definition) is 3. The lowest BCUT2D eigenvalue weighted by Gasteiger charge is -2.07. The smallest absolute Gasteiger partial charge is 0.240 e. The van der Waals surface area contributed by atoms with E-state index in [2.05, 4.69) is 15.0 Å². The van der Waals surface area contributed by atoms with Gasteiger partial charge in [0.2, 0.25) is 10.0 Å². The Labute approximate surface area is 164 Å². The minimum Gasteiger partial charge on any atom is -0.497 e. The number of sulfonamides is 1. The van der Waals surface area contributed by atoms with Crippen LogP contribution in [0.2, 0.25) is 0 Å². The number of hydrogen-bond acceptors (Lipinski definition) is 4. The highest BCUT2D eigenvalue weighted by Gasteiger charge is 2.11. The van der Waals surface area contributed by atoms with Crippen LogP contribution in [-0.2, 0) is 16.6 Å². The normalized spacial score (nSPS) is 11.5. The molecule has 0 saturated carbocycles. The Morgan fingerprint density at radius 2 is 1.88 bits per heavy atom. The van der Waals surface area contributed by atoms with Crippen LogP contribution in [0.15, 0.2) is 58.4 Å². The molecule has 0 heterocycles. The van der Waals surface area contributed by atoms with Gasteiger partial charge in [0.25, 0.3) is 0 Å². The average molecular weight is 476 g/mol. The molecule has 0 aromatic heterocycles. The molecule has 0 unspecified atom stereocenters. The van der Waals surface area contributed by atoms with Crippen LogP contribution in [0.1, 0.15) is 5.56 Å². The van der Waals surface area contributed by atoms with Crippen LogP contribution in [0.25, 0.3) is 0 Å². The Kier molecular flexibility index (Phi) is 8.13. The van der Waals surface area contributed by atoms with E-state index in [1.165, 1.54) is 13.1 Å². The molecule has 0 saturated heterocycles. The fourth-order valence-electron chi connectivity index (χ4n) is 1.97. The third-order valence-corrected chi connectivity index (χ3v) is 4.68. The van der Waals surface area contributed by atoms with Crippen molar-refractivity contribution in [2.24, 2.45) is 10.7 Å². The van der Waals surface area contributed by atoms with Gasteiger partial charge in [-0.3, -0.25) is 0 Å². The predicted octanol–water partition coefficient (Wildman–Crippen LogP) is 2.15. The maximum atomic E-state index is 11.8. The van der Waals surface area contributed by atoms with E-state index >= 15 is 0 Å². The van der Waals surface area contributed by atoms with E-state index in [1.807, 2.05) is 24.3 Å². The monoisotopic (exact) mass is 476 g/mol. The zero-order valence-corrected chi connectivity index (χ0v) is 17.0. The summed E-state index contributed by atoms with van der Waals surface area (Å²) in [5, 5.41) is 2.96. The molecule has 0 spiro atoms. The number of aliphatic imine (C=N–C) groups is 1. The van der Waals surface area contributed by atoms with Gasteiger partial charge in [0, 0.05) is 5.69 Å². The molecular formula is C16H21IN4O3S. The van der Waals surface area contributed by atoms with Crippen molar-refractivity contribution >= 4 is 45.6 Å². The summed E-state index contributed by atoms with van der Waals surface area (Å²) >= 11 is 0. The lowest BCUT2D eigenvalue weighted by Crippen LogP contribution is -2.22. The predicted molar refractivity (Wildman–Crippen MR) is 110 cm³/mol. The van der Waals surface area contributed by atoms with Crippen LogP contribution >= 0.6 is 24.0 Å². The van der Waals surface area contributed by atoms with E-state index in [-0.39, 0.29) is 41.4 Å². The number of benzene rings is 2. The highest BCUT2D eigenvalue weighted by molar-refractivity contribution is 14.0. The lowest BCUT2D eigenvalue weighted by atomic mass is 10.2. The lowest BCUT2D eigenvalue weighted by molar-refractivity contribution is 0.415. The summed E-state index contributed by atoms with van der Waals surface area (Å²) in [7, 11) is -0.502. The van der Waals surface area contributed by atoms with Crippen molar-refractivity contribution in [3.63, 3.8) is 0 Å². The minimum absolute atomic E-state index is 0. The van der Waals surface area contributed by atoms with Crippen LogP contribution in [0, 0.1) is 0 Å². The Morgan fingerprint density at radius 1 is 1.20 bits per heavy atom. The molecule has 0 bridgehead atoms. The van der Waals surface area contributed by atoms with E-state index in [0.29, 0.717) is 0 Å². The van der Waals surface area contributed by atoms with Crippen molar-refractivity contribution in [3.8, 4) is 5.75 Å². The third-order valence-electron chi connectivity index (χ3n) is 3.27. The van der Waals surface area contributed by atoms with Crippen molar-refractivity contribution in [3.05, 3.63) is 54.1 Å². The molecule has 4 N–H and O–H groups in total. The first-order valence-corrected chi connectivity index (χ1v) is 8.66. The van der Waals surface area contributed by atoms with Gasteiger partial charge in [0.1, 0.15) is 5.75 Å². The maximum absolute atomic E-state index is 11.8. The fraction of sp³-hybridized carbons (Fsp3) is 0.188. The molecule has 25 heavy (non-hydrogen) atoms. The van der Waals surface area contributed by atoms with E-state index in [4.69, 9.17) is 10.5 Å². The molecule has 136 valence electrons. The van der Waals surface area contributed by atoms with Crippen LogP contribution in [0.3, 0.4) is 0 Å². The van der Waals surface area contributed by atoms with Gasteiger partial charge in [-0.15, -0.1) is 24.0 Å². The van der Waals surface area contributed by atoms with Crippen LogP contribution in [0.5, 0.6) is 5.75 Å². The molecule has 2 rings (SSSR count). The molecule has 0 fully saturated rings. The van der Waals surface area contributed by atoms with Crippen LogP contribution in [-0.4, -0.2) is 28.5 Å². The van der Waals surface area contributed by atoms with Gasteiger partial charge < -0.3 is 15.8 Å². The Morgan fingerprint density at radius 3 is 2.48 bits per heavy atom. The first kappa shape index (κ1) is 21.2. The molecule has 0 amide bonds. The molecular weight excluding hydrogens is 455 g/mol. The largest absolute Gasteiger partial charge is 0.497 e. The SMILES string of the molecule is CNS(=O)(=O)c1cccc(CN=C(N)Nc2ccc(OC)cc2)c1.I. The quantitative estimate of drug-likeness (QED) is 0.337. The summed E-state index contributed by atoms with van der Waals surface area (Å²) in [4.78, 5) is 4.41. The number of ether oxygens (including phenoxy) is 1. The van der Waals surface area contributed by atoms with Gasteiger partial charge in [0.05, 0.1) is 18.6 Å². The number of nitrogens with zero attached hydrogens (tertiary/aromatic N) is 1. The van der Waals surface area contributed by atoms with Crippen LogP contribution < -0.4 is 20.5 Å². The van der Waals surface area contributed by atoms with Gasteiger partial charge in [-0.25, -0.2) is 18.1 Å². The second-order valence-electron chi connectivity index (χ2n) is 4.91. The Bertz CT molecular complexity index is 824. The van der Waals surface area contributed by atoms with Crippen molar-refractivity contribution < 1.29 is 13.2 Å². The second-order valence-corrected chi connectivity index (χ2v) is 6.80. The number of nitrogens with two attached hydrogens (primary N) is 1. The number of methoxy groups -OCH3 is 1. The molecule has 2 aromatic carbocycles. The third kappa shape index (κ3) is 6.18. The van der Waals surface area contributed by atoms with Crippen molar-refractivity contribution in [1.29, 1.82) is 0 Å². The summed E-state index contributed by atoms with van der Waals surface area (Å²) in [5.41, 5.74) is 7.37. The average Bonchev–Trinajstić information content (AvgIpc) is 2.61. The van der Waals surface area contributed by atoms with E-state index < -0.39 is 10.0 Å². The van der Waals surface area contributed by atoms with Crippen molar-refractivity contribution in [1.82, 2.24) is 4.72 Å². The minimum atomic E-state index is -3.47. The number of anilines is 1. The zero-order chi connectivity index (χ0) is 17.6. The van der Waals surface area contributed by atoms with E-state index in [9.17, 15) is 8.42 Å². The number of rotatable bonds is 6. The summed E-state index contributed by atoms with van der Waals surface area (Å²) < 4.78 is 30.9. The molecule has 0 aliphatic carbocycles. The first-order chi connectivity index (χ1) is 11.4. The maximum Gasteiger partial charge on any atom is 0.240 e. The highest BCUT2D eigenvalue weighted by atomic mass is 127. The van der Waals surface area contributed by atoms with Gasteiger partial charge in [-0.1, -0.05) is 12.1 Å². The topological polar surface area (TPSA) is 106 Å². The number of halogens is 1. The summed E-state index contributed by atoms with van der Waals surface area (Å²) in [5.74, 6) is 0.987. The first-order valence-electron chi connectivity index (χ1n) is 7.18. The van der Waals surface area contributed by atoms with E-state index in [1.54, 1.807) is 25.3 Å². The van der Waals surface area contributed by atoms with E-state index in [0.717, 1.165) is 17.0 Å². The van der Waals surface area contributed by atoms with Gasteiger partial charge >= 0.3 is 0 Å². The Balaban J connectivity index is 0.00000312. The van der Waals surface area contributed by atoms with Gasteiger partial charge in [-0.2, -0.15) is 0 Å².